The second kappa shape index (κ2) is 7.15. The van der Waals surface area contributed by atoms with Crippen molar-refractivity contribution < 1.29 is 4.79 Å². The fourth-order valence-electron chi connectivity index (χ4n) is 2.18. The minimum Gasteiger partial charge on any atom is -0.368 e. The van der Waals surface area contributed by atoms with Crippen LogP contribution in [0.5, 0.6) is 0 Å². The molecule has 0 aromatic heterocycles. The van der Waals surface area contributed by atoms with Crippen molar-refractivity contribution in [1.29, 1.82) is 0 Å². The molecule has 112 valence electrons. The second-order valence-corrected chi connectivity index (χ2v) is 5.27. The van der Waals surface area contributed by atoms with Gasteiger partial charge >= 0.3 is 0 Å². The first-order valence-electron chi connectivity index (χ1n) is 6.95. The number of guanidine groups is 1. The Kier molecular flexibility index (Phi) is 5.83. The van der Waals surface area contributed by atoms with Crippen molar-refractivity contribution >= 4 is 11.9 Å². The minimum absolute atomic E-state index is 0.293. The maximum Gasteiger partial charge on any atom is 0.237 e. The van der Waals surface area contributed by atoms with Crippen LogP contribution in [0.4, 0.5) is 0 Å². The highest BCUT2D eigenvalue weighted by Gasteiger charge is 2.35. The van der Waals surface area contributed by atoms with Gasteiger partial charge in [-0.2, -0.15) is 0 Å². The van der Waals surface area contributed by atoms with Crippen molar-refractivity contribution in [2.24, 2.45) is 10.7 Å². The van der Waals surface area contributed by atoms with Gasteiger partial charge in [-0.15, -0.1) is 6.42 Å². The van der Waals surface area contributed by atoms with Crippen LogP contribution in [0.15, 0.2) is 4.99 Å². The molecule has 1 saturated heterocycles. The second-order valence-electron chi connectivity index (χ2n) is 5.27. The van der Waals surface area contributed by atoms with Gasteiger partial charge in [-0.1, -0.05) is 5.92 Å². The molecule has 1 rings (SSSR count). The standard InChI is InChI=1S/C14H25N5O/c1-5-7-17-13(16-6-2)18-8-10-19(11-9-18)14(3,4)12(15)20/h1H,6-11H2,2-4H3,(H2,15,20)(H,16,17). The van der Waals surface area contributed by atoms with Crippen molar-refractivity contribution in [3.05, 3.63) is 0 Å². The number of nitrogens with two attached hydrogens (primary N) is 1. The first-order chi connectivity index (χ1) is 9.43. The molecule has 1 heterocycles. The van der Waals surface area contributed by atoms with E-state index in [2.05, 4.69) is 26.0 Å². The Hall–Kier alpha value is -1.74. The zero-order chi connectivity index (χ0) is 15.2. The molecule has 0 bridgehead atoms. The summed E-state index contributed by atoms with van der Waals surface area (Å²) in [6.07, 6.45) is 5.25. The molecule has 6 nitrogen and oxygen atoms in total. The maximum absolute atomic E-state index is 11.5. The van der Waals surface area contributed by atoms with Crippen molar-refractivity contribution in [2.75, 3.05) is 39.3 Å². The SMILES string of the molecule is C#CCN=C(NCC)N1CCN(C(C)(C)C(N)=O)CC1. The van der Waals surface area contributed by atoms with E-state index in [-0.39, 0.29) is 5.91 Å². The number of hydrogen-bond donors (Lipinski definition) is 2. The van der Waals surface area contributed by atoms with E-state index in [0.29, 0.717) is 6.54 Å². The summed E-state index contributed by atoms with van der Waals surface area (Å²) in [6, 6.07) is 0. The molecule has 1 fully saturated rings. The van der Waals surface area contributed by atoms with Gasteiger partial charge in [0, 0.05) is 32.7 Å². The van der Waals surface area contributed by atoms with Gasteiger partial charge in [0.15, 0.2) is 5.96 Å². The molecule has 1 amide bonds. The van der Waals surface area contributed by atoms with E-state index in [1.54, 1.807) is 0 Å². The number of primary amides is 1. The van der Waals surface area contributed by atoms with Crippen LogP contribution in [0.25, 0.3) is 0 Å². The fourth-order valence-corrected chi connectivity index (χ4v) is 2.18. The van der Waals surface area contributed by atoms with Gasteiger partial charge in [0.25, 0.3) is 0 Å². The van der Waals surface area contributed by atoms with Crippen LogP contribution in [0.2, 0.25) is 0 Å². The molecule has 0 aromatic carbocycles. The molecule has 0 aliphatic carbocycles. The topological polar surface area (TPSA) is 74.0 Å². The van der Waals surface area contributed by atoms with Gasteiger partial charge in [0.2, 0.25) is 5.91 Å². The molecular weight excluding hydrogens is 254 g/mol. The van der Waals surface area contributed by atoms with Crippen LogP contribution in [0, 0.1) is 12.3 Å². The molecule has 0 saturated carbocycles. The van der Waals surface area contributed by atoms with E-state index in [1.165, 1.54) is 0 Å². The molecule has 6 heteroatoms. The first-order valence-corrected chi connectivity index (χ1v) is 6.95. The molecule has 0 atom stereocenters. The Morgan fingerprint density at radius 2 is 2.00 bits per heavy atom. The van der Waals surface area contributed by atoms with Crippen LogP contribution >= 0.6 is 0 Å². The van der Waals surface area contributed by atoms with Crippen LogP contribution in [0.3, 0.4) is 0 Å². The lowest BCUT2D eigenvalue weighted by Crippen LogP contribution is -2.61. The monoisotopic (exact) mass is 279 g/mol. The number of nitrogens with one attached hydrogen (secondary N) is 1. The number of carbonyl (C=O) groups is 1. The highest BCUT2D eigenvalue weighted by Crippen LogP contribution is 2.16. The summed E-state index contributed by atoms with van der Waals surface area (Å²) >= 11 is 0. The summed E-state index contributed by atoms with van der Waals surface area (Å²) < 4.78 is 0. The lowest BCUT2D eigenvalue weighted by Gasteiger charge is -2.43. The predicted molar refractivity (Wildman–Crippen MR) is 81.2 cm³/mol. The number of rotatable bonds is 4. The molecule has 1 aliphatic heterocycles. The summed E-state index contributed by atoms with van der Waals surface area (Å²) in [6.45, 7) is 10.1. The van der Waals surface area contributed by atoms with Gasteiger partial charge in [0.05, 0.1) is 5.54 Å². The fraction of sp³-hybridized carbons (Fsp3) is 0.714. The number of aliphatic imine (C=N–C) groups is 1. The van der Waals surface area contributed by atoms with Crippen LogP contribution in [-0.2, 0) is 4.79 Å². The number of piperazine rings is 1. The molecule has 20 heavy (non-hydrogen) atoms. The van der Waals surface area contributed by atoms with E-state index in [4.69, 9.17) is 12.2 Å². The van der Waals surface area contributed by atoms with Crippen molar-refractivity contribution in [1.82, 2.24) is 15.1 Å². The van der Waals surface area contributed by atoms with Crippen LogP contribution in [0.1, 0.15) is 20.8 Å². The van der Waals surface area contributed by atoms with Gasteiger partial charge < -0.3 is 16.0 Å². The average molecular weight is 279 g/mol. The van der Waals surface area contributed by atoms with Crippen LogP contribution in [-0.4, -0.2) is 66.5 Å². The summed E-state index contributed by atoms with van der Waals surface area (Å²) in [5.41, 5.74) is 4.85. The number of amides is 1. The zero-order valence-electron chi connectivity index (χ0n) is 12.6. The van der Waals surface area contributed by atoms with Crippen molar-refractivity contribution in [3.8, 4) is 12.3 Å². The highest BCUT2D eigenvalue weighted by molar-refractivity contribution is 5.84. The molecule has 0 spiro atoms. The Labute approximate surface area is 121 Å². The van der Waals surface area contributed by atoms with Gasteiger partial charge in [-0.25, -0.2) is 4.99 Å². The van der Waals surface area contributed by atoms with Gasteiger partial charge in [0.1, 0.15) is 6.54 Å². The van der Waals surface area contributed by atoms with E-state index in [0.717, 1.165) is 38.7 Å². The Bertz CT molecular complexity index is 402. The van der Waals surface area contributed by atoms with Crippen LogP contribution < -0.4 is 11.1 Å². The molecular formula is C14H25N5O. The maximum atomic E-state index is 11.5. The molecule has 0 aromatic rings. The largest absolute Gasteiger partial charge is 0.368 e. The number of carbonyl (C=O) groups excluding carboxylic acids is 1. The minimum atomic E-state index is -0.611. The highest BCUT2D eigenvalue weighted by atomic mass is 16.1. The van der Waals surface area contributed by atoms with E-state index < -0.39 is 5.54 Å². The number of hydrogen-bond acceptors (Lipinski definition) is 3. The Balaban J connectivity index is 2.65. The lowest BCUT2D eigenvalue weighted by atomic mass is 10.0. The predicted octanol–water partition coefficient (Wildman–Crippen LogP) is -0.533. The third-order valence-corrected chi connectivity index (χ3v) is 3.63. The smallest absolute Gasteiger partial charge is 0.237 e. The number of nitrogens with zero attached hydrogens (tertiary/aromatic N) is 3. The zero-order valence-corrected chi connectivity index (χ0v) is 12.6. The summed E-state index contributed by atoms with van der Waals surface area (Å²) in [5, 5.41) is 3.23. The Morgan fingerprint density at radius 3 is 2.45 bits per heavy atom. The van der Waals surface area contributed by atoms with Gasteiger partial charge in [-0.05, 0) is 20.8 Å². The molecule has 3 N–H and O–H groups in total. The van der Waals surface area contributed by atoms with Crippen molar-refractivity contribution in [2.45, 2.75) is 26.3 Å². The normalized spacial score (nSPS) is 17.7. The summed E-state index contributed by atoms with van der Waals surface area (Å²) in [4.78, 5) is 20.1. The van der Waals surface area contributed by atoms with Gasteiger partial charge in [-0.3, -0.25) is 9.69 Å². The van der Waals surface area contributed by atoms with Crippen molar-refractivity contribution in [3.63, 3.8) is 0 Å². The first kappa shape index (κ1) is 16.3. The lowest BCUT2D eigenvalue weighted by molar-refractivity contribution is -0.129. The van der Waals surface area contributed by atoms with E-state index in [9.17, 15) is 4.79 Å². The quantitative estimate of drug-likeness (QED) is 0.412. The summed E-state index contributed by atoms with van der Waals surface area (Å²) in [5.74, 6) is 3.06. The molecule has 1 aliphatic rings. The molecule has 0 radical (unpaired) electrons. The van der Waals surface area contributed by atoms with E-state index in [1.807, 2.05) is 20.8 Å². The van der Waals surface area contributed by atoms with E-state index >= 15 is 0 Å². The third-order valence-electron chi connectivity index (χ3n) is 3.63. The Morgan fingerprint density at radius 1 is 1.40 bits per heavy atom. The summed E-state index contributed by atoms with van der Waals surface area (Å²) in [7, 11) is 0. The number of terminal acetylenes is 1. The molecule has 0 unspecified atom stereocenters. The average Bonchev–Trinajstić information content (AvgIpc) is 2.43. The third kappa shape index (κ3) is 3.87.